The van der Waals surface area contributed by atoms with Crippen LogP contribution in [-0.4, -0.2) is 13.1 Å². The van der Waals surface area contributed by atoms with Gasteiger partial charge >= 0.3 is 0 Å². The maximum absolute atomic E-state index is 5.18. The molecule has 3 heteroatoms. The molecule has 0 bridgehead atoms. The van der Waals surface area contributed by atoms with Crippen molar-refractivity contribution in [3.05, 3.63) is 29.8 Å². The maximum Gasteiger partial charge on any atom is 0.154 e. The summed E-state index contributed by atoms with van der Waals surface area (Å²) in [5.74, 6) is 3.02. The quantitative estimate of drug-likeness (QED) is 0.462. The van der Waals surface area contributed by atoms with Crippen LogP contribution in [0, 0.1) is 18.4 Å². The molecular weight excluding hydrogens is 230 g/mol. The smallest absolute Gasteiger partial charge is 0.154 e. The first-order valence-electron chi connectivity index (χ1n) is 5.28. The van der Waals surface area contributed by atoms with Gasteiger partial charge in [-0.1, -0.05) is 44.0 Å². The van der Waals surface area contributed by atoms with Gasteiger partial charge in [-0.05, 0) is 30.5 Å². The van der Waals surface area contributed by atoms with Crippen LogP contribution in [0.4, 0.5) is 5.69 Å². The summed E-state index contributed by atoms with van der Waals surface area (Å²) in [6.45, 7) is 8.67. The SMILES string of the molecule is Cc1cccc(NC(=S)C#C[Si](C)(C)C)c1. The Labute approximate surface area is 104 Å². The highest BCUT2D eigenvalue weighted by Crippen LogP contribution is 2.09. The first-order chi connectivity index (χ1) is 7.37. The number of anilines is 1. The molecule has 84 valence electrons. The number of thiocarbonyl (C=S) groups is 1. The lowest BCUT2D eigenvalue weighted by atomic mass is 10.2. The fourth-order valence-corrected chi connectivity index (χ4v) is 1.89. The lowest BCUT2D eigenvalue weighted by Crippen LogP contribution is -2.18. The Morgan fingerprint density at radius 2 is 2.00 bits per heavy atom. The third-order valence-electron chi connectivity index (χ3n) is 1.83. The molecule has 0 fully saturated rings. The average molecular weight is 247 g/mol. The Hall–Kier alpha value is -1.11. The zero-order chi connectivity index (χ0) is 12.2. The van der Waals surface area contributed by atoms with Crippen molar-refractivity contribution >= 4 is 31.0 Å². The lowest BCUT2D eigenvalue weighted by molar-refractivity contribution is 1.47. The fourth-order valence-electron chi connectivity index (χ4n) is 1.13. The molecule has 0 aliphatic carbocycles. The van der Waals surface area contributed by atoms with Crippen molar-refractivity contribution in [2.45, 2.75) is 26.6 Å². The van der Waals surface area contributed by atoms with Crippen molar-refractivity contribution in [2.75, 3.05) is 5.32 Å². The summed E-state index contributed by atoms with van der Waals surface area (Å²) in [5.41, 5.74) is 5.46. The third kappa shape index (κ3) is 5.10. The van der Waals surface area contributed by atoms with Crippen LogP contribution >= 0.6 is 12.2 Å². The maximum atomic E-state index is 5.18. The molecule has 1 aromatic rings. The van der Waals surface area contributed by atoms with Crippen LogP contribution in [0.15, 0.2) is 24.3 Å². The molecular formula is C13H17NSSi. The van der Waals surface area contributed by atoms with Gasteiger partial charge in [-0.2, -0.15) is 0 Å². The topological polar surface area (TPSA) is 12.0 Å². The molecule has 0 radical (unpaired) electrons. The van der Waals surface area contributed by atoms with Gasteiger partial charge in [-0.15, -0.1) is 5.54 Å². The molecule has 0 atom stereocenters. The van der Waals surface area contributed by atoms with E-state index in [0.29, 0.717) is 4.99 Å². The van der Waals surface area contributed by atoms with E-state index in [-0.39, 0.29) is 0 Å². The molecule has 0 aliphatic rings. The average Bonchev–Trinajstić information content (AvgIpc) is 2.14. The summed E-state index contributed by atoms with van der Waals surface area (Å²) in [7, 11) is -1.34. The number of hydrogen-bond donors (Lipinski definition) is 1. The summed E-state index contributed by atoms with van der Waals surface area (Å²) in [4.78, 5) is 0.605. The molecule has 0 aromatic heterocycles. The van der Waals surface area contributed by atoms with E-state index >= 15 is 0 Å². The zero-order valence-corrected chi connectivity index (χ0v) is 12.0. The number of aryl methyl sites for hydroxylation is 1. The van der Waals surface area contributed by atoms with Crippen LogP contribution in [0.1, 0.15) is 5.56 Å². The van der Waals surface area contributed by atoms with Crippen LogP contribution in [-0.2, 0) is 0 Å². The van der Waals surface area contributed by atoms with E-state index in [0.717, 1.165) is 5.69 Å². The second-order valence-corrected chi connectivity index (χ2v) is 9.98. The molecule has 0 saturated carbocycles. The van der Waals surface area contributed by atoms with E-state index < -0.39 is 8.07 Å². The first kappa shape index (κ1) is 13.0. The zero-order valence-electron chi connectivity index (χ0n) is 10.2. The van der Waals surface area contributed by atoms with Crippen molar-refractivity contribution in [2.24, 2.45) is 0 Å². The molecule has 0 spiro atoms. The van der Waals surface area contributed by atoms with E-state index in [2.05, 4.69) is 55.5 Å². The van der Waals surface area contributed by atoms with Gasteiger partial charge in [0.05, 0.1) is 0 Å². The standard InChI is InChI=1S/C13H17NSSi/c1-11-6-5-7-12(10-11)14-13(15)8-9-16(2,3)4/h5-7,10H,1-4H3,(H,14,15). The van der Waals surface area contributed by atoms with Crippen LogP contribution in [0.3, 0.4) is 0 Å². The summed E-state index contributed by atoms with van der Waals surface area (Å²) in [5, 5.41) is 3.14. The van der Waals surface area contributed by atoms with Gasteiger partial charge in [0.2, 0.25) is 0 Å². The summed E-state index contributed by atoms with van der Waals surface area (Å²) in [6.07, 6.45) is 0. The molecule has 0 aliphatic heterocycles. The molecule has 1 rings (SSSR count). The highest BCUT2D eigenvalue weighted by Gasteiger charge is 2.07. The normalized spacial score (nSPS) is 10.2. The molecule has 0 unspecified atom stereocenters. The van der Waals surface area contributed by atoms with E-state index in [4.69, 9.17) is 12.2 Å². The van der Waals surface area contributed by atoms with Crippen molar-refractivity contribution in [1.82, 2.24) is 0 Å². The summed E-state index contributed by atoms with van der Waals surface area (Å²) in [6, 6.07) is 8.12. The van der Waals surface area contributed by atoms with Gasteiger partial charge in [0.15, 0.2) is 4.99 Å². The molecule has 16 heavy (non-hydrogen) atoms. The fraction of sp³-hybridized carbons (Fsp3) is 0.308. The van der Waals surface area contributed by atoms with Crippen LogP contribution < -0.4 is 5.32 Å². The largest absolute Gasteiger partial charge is 0.340 e. The Bertz CT molecular complexity index is 449. The molecule has 1 N–H and O–H groups in total. The number of benzene rings is 1. The van der Waals surface area contributed by atoms with E-state index in [1.807, 2.05) is 12.1 Å². The van der Waals surface area contributed by atoms with E-state index in [9.17, 15) is 0 Å². The minimum absolute atomic E-state index is 0.605. The van der Waals surface area contributed by atoms with Crippen molar-refractivity contribution in [1.29, 1.82) is 0 Å². The van der Waals surface area contributed by atoms with Gasteiger partial charge in [0.25, 0.3) is 0 Å². The van der Waals surface area contributed by atoms with Crippen molar-refractivity contribution < 1.29 is 0 Å². The van der Waals surface area contributed by atoms with Gasteiger partial charge in [0.1, 0.15) is 8.07 Å². The number of nitrogens with one attached hydrogen (secondary N) is 1. The van der Waals surface area contributed by atoms with Gasteiger partial charge in [-0.3, -0.25) is 0 Å². The Kier molecular flexibility index (Phi) is 4.28. The molecule has 0 saturated heterocycles. The Morgan fingerprint density at radius 1 is 1.31 bits per heavy atom. The van der Waals surface area contributed by atoms with Crippen LogP contribution in [0.2, 0.25) is 19.6 Å². The van der Waals surface area contributed by atoms with Crippen LogP contribution in [0.25, 0.3) is 0 Å². The second kappa shape index (κ2) is 5.29. The molecule has 0 heterocycles. The first-order valence-corrected chi connectivity index (χ1v) is 9.18. The molecule has 1 nitrogen and oxygen atoms in total. The van der Waals surface area contributed by atoms with Gasteiger partial charge in [0, 0.05) is 5.69 Å². The molecule has 1 aromatic carbocycles. The Morgan fingerprint density at radius 3 is 2.56 bits per heavy atom. The van der Waals surface area contributed by atoms with Crippen molar-refractivity contribution in [3.63, 3.8) is 0 Å². The van der Waals surface area contributed by atoms with E-state index in [1.165, 1.54) is 5.56 Å². The third-order valence-corrected chi connectivity index (χ3v) is 2.91. The highest BCUT2D eigenvalue weighted by molar-refractivity contribution is 7.81. The monoisotopic (exact) mass is 247 g/mol. The van der Waals surface area contributed by atoms with Crippen LogP contribution in [0.5, 0.6) is 0 Å². The number of rotatable bonds is 1. The minimum Gasteiger partial charge on any atom is -0.340 e. The van der Waals surface area contributed by atoms with Gasteiger partial charge < -0.3 is 5.32 Å². The van der Waals surface area contributed by atoms with Crippen molar-refractivity contribution in [3.8, 4) is 11.5 Å². The Balaban J connectivity index is 2.68. The molecule has 0 amide bonds. The number of hydrogen-bond acceptors (Lipinski definition) is 1. The predicted octanol–water partition coefficient (Wildman–Crippen LogP) is 3.62. The summed E-state index contributed by atoms with van der Waals surface area (Å²) >= 11 is 5.18. The highest BCUT2D eigenvalue weighted by atomic mass is 32.1. The van der Waals surface area contributed by atoms with E-state index in [1.54, 1.807) is 0 Å². The predicted molar refractivity (Wildman–Crippen MR) is 78.5 cm³/mol. The second-order valence-electron chi connectivity index (χ2n) is 4.82. The summed E-state index contributed by atoms with van der Waals surface area (Å²) < 4.78 is 0. The van der Waals surface area contributed by atoms with Gasteiger partial charge in [-0.25, -0.2) is 0 Å². The minimum atomic E-state index is -1.34. The lowest BCUT2D eigenvalue weighted by Gasteiger charge is -2.06.